The summed E-state index contributed by atoms with van der Waals surface area (Å²) >= 11 is 9.73. The molecule has 3 nitrogen and oxygen atoms in total. The summed E-state index contributed by atoms with van der Waals surface area (Å²) in [6, 6.07) is 11.3. The summed E-state index contributed by atoms with van der Waals surface area (Å²) in [7, 11) is 3.07. The molecular weight excluding hydrogens is 356 g/mol. The Hall–Kier alpha value is -1.23. The van der Waals surface area contributed by atoms with E-state index in [2.05, 4.69) is 15.9 Å². The lowest BCUT2D eigenvalue weighted by Gasteiger charge is -2.17. The number of methoxy groups -OCH3 is 2. The lowest BCUT2D eigenvalue weighted by Crippen LogP contribution is -2.04. The number of aliphatic hydroxyl groups is 1. The molecule has 0 saturated heterocycles. The molecule has 0 heterocycles. The molecule has 2 aromatic rings. The van der Waals surface area contributed by atoms with Crippen molar-refractivity contribution in [2.45, 2.75) is 12.5 Å². The maximum atomic E-state index is 10.4. The van der Waals surface area contributed by atoms with Crippen LogP contribution in [0.25, 0.3) is 0 Å². The van der Waals surface area contributed by atoms with E-state index in [0.29, 0.717) is 28.5 Å². The Morgan fingerprint density at radius 3 is 2.57 bits per heavy atom. The molecule has 112 valence electrons. The third-order valence-electron chi connectivity index (χ3n) is 3.19. The van der Waals surface area contributed by atoms with E-state index < -0.39 is 6.10 Å². The molecule has 5 heteroatoms. The zero-order valence-corrected chi connectivity index (χ0v) is 14.1. The van der Waals surface area contributed by atoms with Crippen LogP contribution >= 0.6 is 27.5 Å². The molecule has 0 radical (unpaired) electrons. The van der Waals surface area contributed by atoms with E-state index in [1.165, 1.54) is 7.11 Å². The van der Waals surface area contributed by atoms with Gasteiger partial charge in [-0.15, -0.1) is 0 Å². The molecule has 0 fully saturated rings. The molecule has 0 amide bonds. The van der Waals surface area contributed by atoms with E-state index >= 15 is 0 Å². The molecule has 21 heavy (non-hydrogen) atoms. The van der Waals surface area contributed by atoms with Crippen LogP contribution in [-0.4, -0.2) is 19.3 Å². The van der Waals surface area contributed by atoms with Gasteiger partial charge in [0.1, 0.15) is 0 Å². The Bertz CT molecular complexity index is 631. The molecule has 2 rings (SSSR count). The smallest absolute Gasteiger partial charge is 0.179 e. The Morgan fingerprint density at radius 2 is 1.95 bits per heavy atom. The summed E-state index contributed by atoms with van der Waals surface area (Å²) in [5.74, 6) is 0.978. The monoisotopic (exact) mass is 370 g/mol. The first-order chi connectivity index (χ1) is 10.1. The molecule has 1 atom stereocenters. The third kappa shape index (κ3) is 3.70. The van der Waals surface area contributed by atoms with Gasteiger partial charge in [0.25, 0.3) is 0 Å². The molecule has 2 aromatic carbocycles. The van der Waals surface area contributed by atoms with Gasteiger partial charge in [-0.1, -0.05) is 45.7 Å². The normalized spacial score (nSPS) is 12.0. The predicted molar refractivity (Wildman–Crippen MR) is 87.4 cm³/mol. The van der Waals surface area contributed by atoms with Crippen LogP contribution in [0.3, 0.4) is 0 Å². The second-order valence-electron chi connectivity index (χ2n) is 4.55. The Morgan fingerprint density at radius 1 is 1.19 bits per heavy atom. The van der Waals surface area contributed by atoms with Crippen LogP contribution in [-0.2, 0) is 6.42 Å². The van der Waals surface area contributed by atoms with Gasteiger partial charge in [0, 0.05) is 16.5 Å². The SMILES string of the molecule is COc1ccc(C(O)Cc2cccc(Br)c2)c(Cl)c1OC. The van der Waals surface area contributed by atoms with Crippen molar-refractivity contribution in [3.05, 3.63) is 57.0 Å². The van der Waals surface area contributed by atoms with Crippen LogP contribution in [0.2, 0.25) is 5.02 Å². The second-order valence-corrected chi connectivity index (χ2v) is 5.85. The minimum Gasteiger partial charge on any atom is -0.493 e. The van der Waals surface area contributed by atoms with Gasteiger partial charge in [0.2, 0.25) is 0 Å². The van der Waals surface area contributed by atoms with E-state index in [-0.39, 0.29) is 0 Å². The van der Waals surface area contributed by atoms with Crippen molar-refractivity contribution in [3.8, 4) is 11.5 Å². The van der Waals surface area contributed by atoms with Gasteiger partial charge in [-0.2, -0.15) is 0 Å². The van der Waals surface area contributed by atoms with Crippen molar-refractivity contribution in [3.63, 3.8) is 0 Å². The third-order valence-corrected chi connectivity index (χ3v) is 4.08. The Kier molecular flexibility index (Phi) is 5.51. The van der Waals surface area contributed by atoms with Gasteiger partial charge < -0.3 is 14.6 Å². The van der Waals surface area contributed by atoms with E-state index in [0.717, 1.165) is 10.0 Å². The van der Waals surface area contributed by atoms with Crippen LogP contribution in [0.1, 0.15) is 17.2 Å². The van der Waals surface area contributed by atoms with E-state index in [9.17, 15) is 5.11 Å². The highest BCUT2D eigenvalue weighted by molar-refractivity contribution is 9.10. The number of halogens is 2. The Labute approximate surface area is 137 Å². The average Bonchev–Trinajstić information content (AvgIpc) is 2.46. The van der Waals surface area contributed by atoms with Crippen molar-refractivity contribution in [1.29, 1.82) is 0 Å². The fraction of sp³-hybridized carbons (Fsp3) is 0.250. The molecule has 0 aliphatic carbocycles. The first-order valence-electron chi connectivity index (χ1n) is 6.39. The van der Waals surface area contributed by atoms with E-state index in [1.54, 1.807) is 19.2 Å². The van der Waals surface area contributed by atoms with Crippen molar-refractivity contribution < 1.29 is 14.6 Å². The van der Waals surface area contributed by atoms with Gasteiger partial charge in [-0.25, -0.2) is 0 Å². The summed E-state index contributed by atoms with van der Waals surface area (Å²) in [6.07, 6.45) is -0.249. The lowest BCUT2D eigenvalue weighted by atomic mass is 10.0. The van der Waals surface area contributed by atoms with Crippen molar-refractivity contribution in [2.24, 2.45) is 0 Å². The number of rotatable bonds is 5. The Balaban J connectivity index is 2.29. The van der Waals surface area contributed by atoms with Gasteiger partial charge in [-0.05, 0) is 23.8 Å². The molecule has 0 saturated carbocycles. The van der Waals surface area contributed by atoms with Gasteiger partial charge in [0.05, 0.1) is 25.3 Å². The summed E-state index contributed by atoms with van der Waals surface area (Å²) in [4.78, 5) is 0. The highest BCUT2D eigenvalue weighted by Crippen LogP contribution is 2.40. The second kappa shape index (κ2) is 7.16. The maximum absolute atomic E-state index is 10.4. The zero-order chi connectivity index (χ0) is 15.4. The maximum Gasteiger partial charge on any atom is 0.179 e. The number of benzene rings is 2. The molecule has 0 aromatic heterocycles. The number of aliphatic hydroxyl groups excluding tert-OH is 1. The number of hydrogen-bond donors (Lipinski definition) is 1. The van der Waals surface area contributed by atoms with Crippen molar-refractivity contribution in [1.82, 2.24) is 0 Å². The lowest BCUT2D eigenvalue weighted by molar-refractivity contribution is 0.178. The van der Waals surface area contributed by atoms with Gasteiger partial charge in [-0.3, -0.25) is 0 Å². The van der Waals surface area contributed by atoms with Crippen LogP contribution in [0.5, 0.6) is 11.5 Å². The molecule has 1 N–H and O–H groups in total. The summed E-state index contributed by atoms with van der Waals surface area (Å²) in [6.45, 7) is 0. The van der Waals surface area contributed by atoms with Crippen LogP contribution in [0.4, 0.5) is 0 Å². The summed E-state index contributed by atoms with van der Waals surface area (Å²) in [5, 5.41) is 10.8. The predicted octanol–water partition coefficient (Wildman–Crippen LogP) is 4.40. The fourth-order valence-corrected chi connectivity index (χ4v) is 2.96. The van der Waals surface area contributed by atoms with Crippen molar-refractivity contribution >= 4 is 27.5 Å². The zero-order valence-electron chi connectivity index (χ0n) is 11.8. The largest absolute Gasteiger partial charge is 0.493 e. The molecule has 0 spiro atoms. The van der Waals surface area contributed by atoms with Crippen LogP contribution < -0.4 is 9.47 Å². The van der Waals surface area contributed by atoms with Crippen LogP contribution in [0, 0.1) is 0 Å². The van der Waals surface area contributed by atoms with Gasteiger partial charge in [0.15, 0.2) is 11.5 Å². The molecule has 0 aliphatic heterocycles. The topological polar surface area (TPSA) is 38.7 Å². The first-order valence-corrected chi connectivity index (χ1v) is 7.56. The number of hydrogen-bond acceptors (Lipinski definition) is 3. The van der Waals surface area contributed by atoms with Gasteiger partial charge >= 0.3 is 0 Å². The summed E-state index contributed by atoms with van der Waals surface area (Å²) < 4.78 is 11.4. The minimum atomic E-state index is -0.716. The quantitative estimate of drug-likeness (QED) is 0.847. The average molecular weight is 372 g/mol. The standard InChI is InChI=1S/C16H16BrClO3/c1-20-14-7-6-12(15(18)16(14)21-2)13(19)9-10-4-3-5-11(17)8-10/h3-8,13,19H,9H2,1-2H3. The molecule has 1 unspecified atom stereocenters. The molecule has 0 aliphatic rings. The van der Waals surface area contributed by atoms with E-state index in [1.807, 2.05) is 24.3 Å². The van der Waals surface area contributed by atoms with Crippen molar-refractivity contribution in [2.75, 3.05) is 14.2 Å². The number of ether oxygens (including phenoxy) is 2. The molecule has 0 bridgehead atoms. The van der Waals surface area contributed by atoms with E-state index in [4.69, 9.17) is 21.1 Å². The fourth-order valence-electron chi connectivity index (χ4n) is 2.16. The minimum absolute atomic E-state index is 0.374. The van der Waals surface area contributed by atoms with Crippen LogP contribution in [0.15, 0.2) is 40.9 Å². The molecular formula is C16H16BrClO3. The summed E-state index contributed by atoms with van der Waals surface area (Å²) in [5.41, 5.74) is 1.64. The first kappa shape index (κ1) is 16.1. The highest BCUT2D eigenvalue weighted by atomic mass is 79.9. The highest BCUT2D eigenvalue weighted by Gasteiger charge is 2.19.